The van der Waals surface area contributed by atoms with Crippen molar-refractivity contribution in [1.82, 2.24) is 9.97 Å². The number of thiophene rings is 1. The van der Waals surface area contributed by atoms with Gasteiger partial charge in [0.1, 0.15) is 17.0 Å². The fraction of sp³-hybridized carbons (Fsp3) is 0.316. The normalized spacial score (nSPS) is 13.2. The summed E-state index contributed by atoms with van der Waals surface area (Å²) in [4.78, 5) is 23.4. The van der Waals surface area contributed by atoms with Crippen LogP contribution in [0.3, 0.4) is 0 Å². The van der Waals surface area contributed by atoms with Gasteiger partial charge in [0.2, 0.25) is 0 Å². The number of benzene rings is 1. The largest absolute Gasteiger partial charge is 0.459 e. The van der Waals surface area contributed by atoms with Crippen molar-refractivity contribution in [2.75, 3.05) is 5.32 Å². The SMILES string of the molecule is CC(C)OC(=O)c1cccc(Nc2ncnc3sc4c(c23)CCC4)c1. The minimum atomic E-state index is -0.317. The average molecular weight is 353 g/mol. The highest BCUT2D eigenvalue weighted by Crippen LogP contribution is 2.39. The van der Waals surface area contributed by atoms with Crippen molar-refractivity contribution in [3.63, 3.8) is 0 Å². The van der Waals surface area contributed by atoms with Crippen molar-refractivity contribution in [3.05, 3.63) is 46.6 Å². The first kappa shape index (κ1) is 16.0. The molecule has 128 valence electrons. The number of carbonyl (C=O) groups excluding carboxylic acids is 1. The first-order chi connectivity index (χ1) is 12.1. The van der Waals surface area contributed by atoms with E-state index in [1.165, 1.54) is 16.9 Å². The van der Waals surface area contributed by atoms with Crippen LogP contribution in [0.15, 0.2) is 30.6 Å². The number of nitrogens with zero attached hydrogens (tertiary/aromatic N) is 2. The molecule has 0 bridgehead atoms. The second kappa shape index (κ2) is 6.44. The van der Waals surface area contributed by atoms with E-state index in [1.807, 2.05) is 26.0 Å². The first-order valence-corrected chi connectivity index (χ1v) is 9.27. The molecule has 1 aliphatic carbocycles. The van der Waals surface area contributed by atoms with Crippen molar-refractivity contribution in [1.29, 1.82) is 0 Å². The molecule has 4 rings (SSSR count). The Morgan fingerprint density at radius 1 is 1.28 bits per heavy atom. The highest BCUT2D eigenvalue weighted by molar-refractivity contribution is 7.19. The molecule has 0 atom stereocenters. The Kier molecular flexibility index (Phi) is 4.13. The Balaban J connectivity index is 1.67. The number of hydrogen-bond donors (Lipinski definition) is 1. The lowest BCUT2D eigenvalue weighted by atomic mass is 10.1. The summed E-state index contributed by atoms with van der Waals surface area (Å²) in [5.74, 6) is 0.488. The van der Waals surface area contributed by atoms with Gasteiger partial charge in [0.05, 0.1) is 17.1 Å². The quantitative estimate of drug-likeness (QED) is 0.700. The number of esters is 1. The maximum Gasteiger partial charge on any atom is 0.338 e. The van der Waals surface area contributed by atoms with E-state index < -0.39 is 0 Å². The molecule has 0 aliphatic heterocycles. The lowest BCUT2D eigenvalue weighted by Gasteiger charge is -2.11. The number of ether oxygens (including phenoxy) is 1. The van der Waals surface area contributed by atoms with Gasteiger partial charge in [0.15, 0.2) is 0 Å². The lowest BCUT2D eigenvalue weighted by molar-refractivity contribution is 0.0378. The van der Waals surface area contributed by atoms with Crippen LogP contribution in [0.5, 0.6) is 0 Å². The molecular formula is C19H19N3O2S. The summed E-state index contributed by atoms with van der Waals surface area (Å²) in [7, 11) is 0. The van der Waals surface area contributed by atoms with E-state index in [0.29, 0.717) is 5.56 Å². The molecule has 1 N–H and O–H groups in total. The third-order valence-electron chi connectivity index (χ3n) is 4.21. The molecule has 1 aliphatic rings. The van der Waals surface area contributed by atoms with Crippen molar-refractivity contribution in [3.8, 4) is 0 Å². The summed E-state index contributed by atoms with van der Waals surface area (Å²) in [6, 6.07) is 7.32. The first-order valence-electron chi connectivity index (χ1n) is 8.45. The van der Waals surface area contributed by atoms with Gasteiger partial charge in [-0.25, -0.2) is 14.8 Å². The van der Waals surface area contributed by atoms with E-state index in [2.05, 4.69) is 15.3 Å². The maximum absolute atomic E-state index is 12.1. The third-order valence-corrected chi connectivity index (χ3v) is 5.40. The van der Waals surface area contributed by atoms with Gasteiger partial charge in [0, 0.05) is 10.6 Å². The fourth-order valence-corrected chi connectivity index (χ4v) is 4.40. The van der Waals surface area contributed by atoms with E-state index in [4.69, 9.17) is 4.74 Å². The van der Waals surface area contributed by atoms with E-state index in [9.17, 15) is 4.79 Å². The number of aryl methyl sites for hydroxylation is 2. The number of aromatic nitrogens is 2. The molecule has 1 aromatic carbocycles. The van der Waals surface area contributed by atoms with Gasteiger partial charge >= 0.3 is 5.97 Å². The van der Waals surface area contributed by atoms with Crippen LogP contribution in [0.25, 0.3) is 10.2 Å². The van der Waals surface area contributed by atoms with Crippen LogP contribution in [0.2, 0.25) is 0 Å². The highest BCUT2D eigenvalue weighted by atomic mass is 32.1. The third kappa shape index (κ3) is 3.09. The summed E-state index contributed by atoms with van der Waals surface area (Å²) < 4.78 is 5.27. The number of anilines is 2. The Labute approximate surface area is 150 Å². The van der Waals surface area contributed by atoms with Crippen molar-refractivity contribution in [2.24, 2.45) is 0 Å². The maximum atomic E-state index is 12.1. The molecule has 2 heterocycles. The van der Waals surface area contributed by atoms with Crippen molar-refractivity contribution in [2.45, 2.75) is 39.2 Å². The topological polar surface area (TPSA) is 64.1 Å². The van der Waals surface area contributed by atoms with E-state index in [0.717, 1.165) is 34.6 Å². The van der Waals surface area contributed by atoms with Crippen LogP contribution in [0.4, 0.5) is 11.5 Å². The van der Waals surface area contributed by atoms with Crippen LogP contribution >= 0.6 is 11.3 Å². The molecule has 3 aromatic rings. The Morgan fingerprint density at radius 3 is 3.00 bits per heavy atom. The second-order valence-corrected chi connectivity index (χ2v) is 7.50. The zero-order valence-electron chi connectivity index (χ0n) is 14.2. The molecule has 5 nitrogen and oxygen atoms in total. The molecule has 2 aromatic heterocycles. The fourth-order valence-electron chi connectivity index (χ4n) is 3.17. The van der Waals surface area contributed by atoms with Crippen LogP contribution in [0.1, 0.15) is 41.1 Å². The molecule has 0 saturated carbocycles. The summed E-state index contributed by atoms with van der Waals surface area (Å²) in [6.07, 6.45) is 4.86. The summed E-state index contributed by atoms with van der Waals surface area (Å²) >= 11 is 1.76. The molecule has 25 heavy (non-hydrogen) atoms. The van der Waals surface area contributed by atoms with Gasteiger partial charge in [-0.15, -0.1) is 11.3 Å². The van der Waals surface area contributed by atoms with E-state index in [-0.39, 0.29) is 12.1 Å². The Hall–Kier alpha value is -2.47. The smallest absolute Gasteiger partial charge is 0.338 e. The second-order valence-electron chi connectivity index (χ2n) is 6.42. The zero-order valence-corrected chi connectivity index (χ0v) is 15.0. The predicted molar refractivity (Wildman–Crippen MR) is 99.7 cm³/mol. The minimum Gasteiger partial charge on any atom is -0.459 e. The minimum absolute atomic E-state index is 0.140. The van der Waals surface area contributed by atoms with Gasteiger partial charge in [-0.3, -0.25) is 0 Å². The number of nitrogens with one attached hydrogen (secondary N) is 1. The van der Waals surface area contributed by atoms with Crippen LogP contribution in [0, 0.1) is 0 Å². The molecule has 0 spiro atoms. The van der Waals surface area contributed by atoms with Gasteiger partial charge < -0.3 is 10.1 Å². The van der Waals surface area contributed by atoms with Gasteiger partial charge in [-0.1, -0.05) is 6.07 Å². The summed E-state index contributed by atoms with van der Waals surface area (Å²) in [6.45, 7) is 3.68. The molecular weight excluding hydrogens is 334 g/mol. The zero-order chi connectivity index (χ0) is 17.4. The summed E-state index contributed by atoms with van der Waals surface area (Å²) in [5.41, 5.74) is 2.72. The molecule has 0 saturated heterocycles. The Morgan fingerprint density at radius 2 is 2.16 bits per heavy atom. The predicted octanol–water partition coefficient (Wildman–Crippen LogP) is 4.49. The van der Waals surface area contributed by atoms with Crippen LogP contribution < -0.4 is 5.32 Å². The van der Waals surface area contributed by atoms with Crippen molar-refractivity contribution < 1.29 is 9.53 Å². The standard InChI is InChI=1S/C19H19N3O2S/c1-11(2)24-19(23)12-5-3-6-13(9-12)22-17-16-14-7-4-8-15(14)25-18(16)21-10-20-17/h3,5-6,9-11H,4,7-8H2,1-2H3,(H,20,21,22). The van der Waals surface area contributed by atoms with E-state index in [1.54, 1.807) is 29.8 Å². The summed E-state index contributed by atoms with van der Waals surface area (Å²) in [5, 5.41) is 4.48. The van der Waals surface area contributed by atoms with E-state index >= 15 is 0 Å². The number of carbonyl (C=O) groups is 1. The number of fused-ring (bicyclic) bond motifs is 3. The molecule has 0 fully saturated rings. The molecule has 6 heteroatoms. The highest BCUT2D eigenvalue weighted by Gasteiger charge is 2.21. The number of rotatable bonds is 4. The molecule has 0 amide bonds. The average Bonchev–Trinajstić information content (AvgIpc) is 3.15. The van der Waals surface area contributed by atoms with Crippen LogP contribution in [-0.2, 0) is 17.6 Å². The molecule has 0 radical (unpaired) electrons. The molecule has 0 unspecified atom stereocenters. The van der Waals surface area contributed by atoms with Crippen LogP contribution in [-0.4, -0.2) is 22.0 Å². The monoisotopic (exact) mass is 353 g/mol. The van der Waals surface area contributed by atoms with Gasteiger partial charge in [-0.2, -0.15) is 0 Å². The van der Waals surface area contributed by atoms with Gasteiger partial charge in [-0.05, 0) is 56.9 Å². The lowest BCUT2D eigenvalue weighted by Crippen LogP contribution is -2.11. The van der Waals surface area contributed by atoms with Crippen molar-refractivity contribution >= 4 is 39.0 Å². The Bertz CT molecular complexity index is 949. The van der Waals surface area contributed by atoms with Gasteiger partial charge in [0.25, 0.3) is 0 Å². The number of hydrogen-bond acceptors (Lipinski definition) is 6.